The van der Waals surface area contributed by atoms with Gasteiger partial charge in [0.15, 0.2) is 0 Å². The van der Waals surface area contributed by atoms with Gasteiger partial charge in [0, 0.05) is 37.8 Å². The molecule has 2 aliphatic heterocycles. The summed E-state index contributed by atoms with van der Waals surface area (Å²) in [5.74, 6) is 0.122. The number of methoxy groups -OCH3 is 1. The number of benzene rings is 2. The molecule has 0 aliphatic carbocycles. The first kappa shape index (κ1) is 16.6. The number of hydrogen-bond acceptors (Lipinski definition) is 3. The minimum absolute atomic E-state index is 0.0640. The van der Waals surface area contributed by atoms with Gasteiger partial charge in [-0.1, -0.05) is 36.4 Å². The van der Waals surface area contributed by atoms with Crippen LogP contribution in [0.3, 0.4) is 0 Å². The number of likely N-dealkylation sites (tertiary alicyclic amines) is 1. The molecule has 2 aromatic carbocycles. The van der Waals surface area contributed by atoms with Crippen LogP contribution in [0, 0.1) is 5.41 Å². The smallest absolute Gasteiger partial charge is 0.254 e. The largest absolute Gasteiger partial charge is 0.384 e. The number of ether oxygens (including phenoxy) is 2. The normalized spacial score (nSPS) is 26.4. The average Bonchev–Trinajstić information content (AvgIpc) is 2.66. The van der Waals surface area contributed by atoms with Crippen LogP contribution in [0.2, 0.25) is 0 Å². The first-order chi connectivity index (χ1) is 12.2. The van der Waals surface area contributed by atoms with Crippen LogP contribution in [-0.2, 0) is 9.47 Å². The summed E-state index contributed by atoms with van der Waals surface area (Å²) >= 11 is 0. The molecule has 2 aliphatic rings. The molecule has 2 aromatic rings. The molecule has 4 heteroatoms. The molecule has 0 bridgehead atoms. The molecule has 2 heterocycles. The van der Waals surface area contributed by atoms with Crippen LogP contribution in [-0.4, -0.2) is 50.3 Å². The number of nitrogens with zero attached hydrogens (tertiary/aromatic N) is 1. The second-order valence-corrected chi connectivity index (χ2v) is 7.30. The van der Waals surface area contributed by atoms with E-state index in [2.05, 4.69) is 12.1 Å². The predicted octanol–water partition coefficient (Wildman–Crippen LogP) is 3.50. The molecular formula is C21H25NO3. The zero-order chi connectivity index (χ0) is 17.3. The molecule has 4 nitrogen and oxygen atoms in total. The van der Waals surface area contributed by atoms with Gasteiger partial charge in [-0.3, -0.25) is 4.79 Å². The van der Waals surface area contributed by atoms with Crippen molar-refractivity contribution in [3.05, 3.63) is 48.0 Å². The van der Waals surface area contributed by atoms with Crippen LogP contribution in [0.15, 0.2) is 42.5 Å². The van der Waals surface area contributed by atoms with Crippen molar-refractivity contribution in [2.45, 2.75) is 25.4 Å². The Morgan fingerprint density at radius 3 is 3.00 bits per heavy atom. The van der Waals surface area contributed by atoms with E-state index in [9.17, 15) is 4.79 Å². The lowest BCUT2D eigenvalue weighted by Gasteiger charge is -2.50. The number of carbonyl (C=O) groups excluding carboxylic acids is 1. The van der Waals surface area contributed by atoms with Gasteiger partial charge in [-0.15, -0.1) is 0 Å². The van der Waals surface area contributed by atoms with Gasteiger partial charge >= 0.3 is 0 Å². The summed E-state index contributed by atoms with van der Waals surface area (Å²) in [5.41, 5.74) is 0.728. The van der Waals surface area contributed by atoms with Gasteiger partial charge in [-0.25, -0.2) is 0 Å². The van der Waals surface area contributed by atoms with Crippen molar-refractivity contribution in [2.24, 2.45) is 5.41 Å². The molecule has 0 N–H and O–H groups in total. The molecule has 0 unspecified atom stereocenters. The Morgan fingerprint density at radius 1 is 1.28 bits per heavy atom. The van der Waals surface area contributed by atoms with Crippen LogP contribution >= 0.6 is 0 Å². The van der Waals surface area contributed by atoms with E-state index in [1.807, 2.05) is 35.2 Å². The van der Waals surface area contributed by atoms with E-state index in [4.69, 9.17) is 9.47 Å². The fourth-order valence-electron chi connectivity index (χ4n) is 4.54. The third kappa shape index (κ3) is 2.94. The summed E-state index contributed by atoms with van der Waals surface area (Å²) in [6.07, 6.45) is 3.19. The SMILES string of the molecule is COC[C@]12CCCO[C@H]1CCN(C(=O)c1cccc3ccccc13)C2. The molecule has 1 amide bonds. The molecule has 2 saturated heterocycles. The number of rotatable bonds is 3. The highest BCUT2D eigenvalue weighted by Gasteiger charge is 2.47. The average molecular weight is 339 g/mol. The number of fused-ring (bicyclic) bond motifs is 2. The predicted molar refractivity (Wildman–Crippen MR) is 97.8 cm³/mol. The Bertz CT molecular complexity index is 765. The summed E-state index contributed by atoms with van der Waals surface area (Å²) < 4.78 is 11.6. The molecule has 4 rings (SSSR count). The fourth-order valence-corrected chi connectivity index (χ4v) is 4.54. The van der Waals surface area contributed by atoms with E-state index in [1.54, 1.807) is 7.11 Å². The standard InChI is InChI=1S/C21H25NO3/c1-24-15-21-11-5-13-25-19(21)10-12-22(14-21)20(23)18-9-4-7-16-6-2-3-8-17(16)18/h2-4,6-9,19H,5,10-15H2,1H3/t19-,21+/m0/s1. The number of carbonyl (C=O) groups is 1. The second kappa shape index (κ2) is 6.77. The molecule has 0 aromatic heterocycles. The highest BCUT2D eigenvalue weighted by molar-refractivity contribution is 6.07. The Labute approximate surface area is 148 Å². The van der Waals surface area contributed by atoms with Gasteiger partial charge in [0.05, 0.1) is 12.7 Å². The zero-order valence-electron chi connectivity index (χ0n) is 14.7. The summed E-state index contributed by atoms with van der Waals surface area (Å²) in [6, 6.07) is 14.1. The van der Waals surface area contributed by atoms with E-state index in [0.717, 1.165) is 48.8 Å². The van der Waals surface area contributed by atoms with Crippen molar-refractivity contribution >= 4 is 16.7 Å². The molecule has 132 valence electrons. The second-order valence-electron chi connectivity index (χ2n) is 7.30. The van der Waals surface area contributed by atoms with Crippen LogP contribution in [0.4, 0.5) is 0 Å². The van der Waals surface area contributed by atoms with Crippen molar-refractivity contribution < 1.29 is 14.3 Å². The molecule has 2 atom stereocenters. The fraction of sp³-hybridized carbons (Fsp3) is 0.476. The van der Waals surface area contributed by atoms with Gasteiger partial charge in [0.2, 0.25) is 0 Å². The number of amides is 1. The summed E-state index contributed by atoms with van der Waals surface area (Å²) in [4.78, 5) is 15.3. The minimum atomic E-state index is -0.0640. The Morgan fingerprint density at radius 2 is 2.12 bits per heavy atom. The molecule has 0 radical (unpaired) electrons. The lowest BCUT2D eigenvalue weighted by molar-refractivity contribution is -0.142. The molecule has 0 saturated carbocycles. The van der Waals surface area contributed by atoms with Crippen LogP contribution < -0.4 is 0 Å². The van der Waals surface area contributed by atoms with E-state index < -0.39 is 0 Å². The van der Waals surface area contributed by atoms with Crippen molar-refractivity contribution in [2.75, 3.05) is 33.4 Å². The van der Waals surface area contributed by atoms with Crippen LogP contribution in [0.5, 0.6) is 0 Å². The number of piperidine rings is 1. The van der Waals surface area contributed by atoms with Crippen LogP contribution in [0.25, 0.3) is 10.8 Å². The van der Waals surface area contributed by atoms with Gasteiger partial charge < -0.3 is 14.4 Å². The van der Waals surface area contributed by atoms with Crippen molar-refractivity contribution in [1.29, 1.82) is 0 Å². The quantitative estimate of drug-likeness (QED) is 0.859. The maximum Gasteiger partial charge on any atom is 0.254 e. The zero-order valence-corrected chi connectivity index (χ0v) is 14.7. The van der Waals surface area contributed by atoms with Crippen molar-refractivity contribution in [3.8, 4) is 0 Å². The molecule has 25 heavy (non-hydrogen) atoms. The number of hydrogen-bond donors (Lipinski definition) is 0. The van der Waals surface area contributed by atoms with Gasteiger partial charge in [0.1, 0.15) is 0 Å². The molecule has 0 spiro atoms. The van der Waals surface area contributed by atoms with E-state index in [-0.39, 0.29) is 17.4 Å². The Hall–Kier alpha value is -1.91. The van der Waals surface area contributed by atoms with Gasteiger partial charge in [-0.2, -0.15) is 0 Å². The Balaban J connectivity index is 1.64. The van der Waals surface area contributed by atoms with Crippen LogP contribution in [0.1, 0.15) is 29.6 Å². The van der Waals surface area contributed by atoms with Crippen molar-refractivity contribution in [1.82, 2.24) is 4.90 Å². The maximum atomic E-state index is 13.3. The highest BCUT2D eigenvalue weighted by atomic mass is 16.5. The lowest BCUT2D eigenvalue weighted by Crippen LogP contribution is -2.58. The van der Waals surface area contributed by atoms with E-state index in [0.29, 0.717) is 13.2 Å². The van der Waals surface area contributed by atoms with Gasteiger partial charge in [0.25, 0.3) is 5.91 Å². The molecule has 2 fully saturated rings. The minimum Gasteiger partial charge on any atom is -0.384 e. The summed E-state index contributed by atoms with van der Waals surface area (Å²) in [7, 11) is 1.74. The molecular weight excluding hydrogens is 314 g/mol. The van der Waals surface area contributed by atoms with Crippen molar-refractivity contribution in [3.63, 3.8) is 0 Å². The monoisotopic (exact) mass is 339 g/mol. The summed E-state index contributed by atoms with van der Waals surface area (Å²) in [5, 5.41) is 2.13. The topological polar surface area (TPSA) is 38.8 Å². The first-order valence-electron chi connectivity index (χ1n) is 9.11. The first-order valence-corrected chi connectivity index (χ1v) is 9.11. The third-order valence-corrected chi connectivity index (χ3v) is 5.73. The third-order valence-electron chi connectivity index (χ3n) is 5.73. The van der Waals surface area contributed by atoms with Gasteiger partial charge in [-0.05, 0) is 36.1 Å². The van der Waals surface area contributed by atoms with E-state index >= 15 is 0 Å². The Kier molecular flexibility index (Phi) is 4.48. The maximum absolute atomic E-state index is 13.3. The highest BCUT2D eigenvalue weighted by Crippen LogP contribution is 2.41. The summed E-state index contributed by atoms with van der Waals surface area (Å²) in [6.45, 7) is 2.94. The van der Waals surface area contributed by atoms with E-state index in [1.165, 1.54) is 0 Å². The lowest BCUT2D eigenvalue weighted by atomic mass is 9.73.